The first-order valence-electron chi connectivity index (χ1n) is 5.18. The van der Waals surface area contributed by atoms with Crippen molar-refractivity contribution in [3.05, 3.63) is 0 Å². The summed E-state index contributed by atoms with van der Waals surface area (Å²) in [6.07, 6.45) is 2.44. The van der Waals surface area contributed by atoms with Crippen LogP contribution in [0.5, 0.6) is 0 Å². The van der Waals surface area contributed by atoms with Crippen molar-refractivity contribution in [2.24, 2.45) is 5.92 Å². The number of amides is 1. The smallest absolute Gasteiger partial charge is 0.409 e. The first-order chi connectivity index (χ1) is 7.13. The first-order valence-corrected chi connectivity index (χ1v) is 5.18. The van der Waals surface area contributed by atoms with Crippen LogP contribution in [-0.4, -0.2) is 42.3 Å². The van der Waals surface area contributed by atoms with Gasteiger partial charge in [-0.05, 0) is 25.2 Å². The van der Waals surface area contributed by atoms with E-state index in [-0.39, 0.29) is 12.5 Å². The van der Waals surface area contributed by atoms with Gasteiger partial charge in [-0.15, -0.1) is 0 Å². The molecule has 1 saturated heterocycles. The van der Waals surface area contributed by atoms with E-state index in [0.717, 1.165) is 19.4 Å². The SMILES string of the molecule is COC(=O)N1CCCC(CCC(=O)O)C1. The van der Waals surface area contributed by atoms with E-state index in [2.05, 4.69) is 4.74 Å². The maximum atomic E-state index is 11.2. The summed E-state index contributed by atoms with van der Waals surface area (Å²) >= 11 is 0. The Balaban J connectivity index is 2.35. The molecule has 0 radical (unpaired) electrons. The predicted molar refractivity (Wildman–Crippen MR) is 53.6 cm³/mol. The predicted octanol–water partition coefficient (Wildman–Crippen LogP) is 1.33. The minimum atomic E-state index is -0.773. The second kappa shape index (κ2) is 5.58. The Morgan fingerprint density at radius 1 is 1.53 bits per heavy atom. The topological polar surface area (TPSA) is 66.8 Å². The van der Waals surface area contributed by atoms with E-state index in [1.807, 2.05) is 0 Å². The third-order valence-corrected chi connectivity index (χ3v) is 2.72. The van der Waals surface area contributed by atoms with Gasteiger partial charge in [0.25, 0.3) is 0 Å². The molecule has 15 heavy (non-hydrogen) atoms. The molecule has 0 aliphatic carbocycles. The Bertz CT molecular complexity index is 242. The van der Waals surface area contributed by atoms with Gasteiger partial charge in [0.1, 0.15) is 0 Å². The highest BCUT2D eigenvalue weighted by atomic mass is 16.5. The van der Waals surface area contributed by atoms with E-state index in [0.29, 0.717) is 18.9 Å². The Morgan fingerprint density at radius 2 is 2.27 bits per heavy atom. The van der Waals surface area contributed by atoms with Crippen molar-refractivity contribution in [3.8, 4) is 0 Å². The molecule has 1 fully saturated rings. The van der Waals surface area contributed by atoms with Gasteiger partial charge in [-0.1, -0.05) is 0 Å². The average molecular weight is 215 g/mol. The molecule has 0 bridgehead atoms. The molecule has 1 heterocycles. The number of carboxylic acids is 1. The number of hydrogen-bond donors (Lipinski definition) is 1. The molecular formula is C10H17NO4. The molecule has 86 valence electrons. The zero-order valence-corrected chi connectivity index (χ0v) is 8.94. The largest absolute Gasteiger partial charge is 0.481 e. The Hall–Kier alpha value is -1.26. The number of likely N-dealkylation sites (tertiary alicyclic amines) is 1. The molecule has 1 amide bonds. The van der Waals surface area contributed by atoms with Gasteiger partial charge in [0.2, 0.25) is 0 Å². The number of carboxylic acid groups (broad SMARTS) is 1. The molecule has 1 N–H and O–H groups in total. The van der Waals surface area contributed by atoms with E-state index in [1.54, 1.807) is 4.90 Å². The van der Waals surface area contributed by atoms with Gasteiger partial charge < -0.3 is 14.7 Å². The lowest BCUT2D eigenvalue weighted by Crippen LogP contribution is -2.39. The monoisotopic (exact) mass is 215 g/mol. The fraction of sp³-hybridized carbons (Fsp3) is 0.800. The van der Waals surface area contributed by atoms with Gasteiger partial charge in [-0.25, -0.2) is 4.79 Å². The number of aliphatic carboxylic acids is 1. The molecule has 0 saturated carbocycles. The molecule has 1 atom stereocenters. The zero-order chi connectivity index (χ0) is 11.3. The molecule has 0 spiro atoms. The highest BCUT2D eigenvalue weighted by molar-refractivity contribution is 5.67. The molecular weight excluding hydrogens is 198 g/mol. The number of methoxy groups -OCH3 is 1. The Morgan fingerprint density at radius 3 is 2.87 bits per heavy atom. The molecule has 5 heteroatoms. The Kier molecular flexibility index (Phi) is 4.39. The summed E-state index contributed by atoms with van der Waals surface area (Å²) < 4.78 is 4.63. The molecule has 1 aliphatic heterocycles. The summed E-state index contributed by atoms with van der Waals surface area (Å²) in [5.41, 5.74) is 0. The third-order valence-electron chi connectivity index (χ3n) is 2.72. The summed E-state index contributed by atoms with van der Waals surface area (Å²) in [5.74, 6) is -0.473. The van der Waals surface area contributed by atoms with Crippen LogP contribution in [0.3, 0.4) is 0 Å². The quantitative estimate of drug-likeness (QED) is 0.771. The summed E-state index contributed by atoms with van der Waals surface area (Å²) in [6.45, 7) is 1.34. The lowest BCUT2D eigenvalue weighted by molar-refractivity contribution is -0.137. The number of piperidine rings is 1. The van der Waals surface area contributed by atoms with Crippen molar-refractivity contribution in [3.63, 3.8) is 0 Å². The molecule has 1 unspecified atom stereocenters. The minimum Gasteiger partial charge on any atom is -0.481 e. The van der Waals surface area contributed by atoms with Crippen LogP contribution in [0, 0.1) is 5.92 Å². The lowest BCUT2D eigenvalue weighted by atomic mass is 9.94. The van der Waals surface area contributed by atoms with Gasteiger partial charge >= 0.3 is 12.1 Å². The van der Waals surface area contributed by atoms with Gasteiger partial charge in [-0.2, -0.15) is 0 Å². The van der Waals surface area contributed by atoms with Crippen LogP contribution in [0.15, 0.2) is 0 Å². The maximum absolute atomic E-state index is 11.2. The van der Waals surface area contributed by atoms with Crippen molar-refractivity contribution in [1.29, 1.82) is 0 Å². The van der Waals surface area contributed by atoms with Crippen LogP contribution in [0.25, 0.3) is 0 Å². The number of ether oxygens (including phenoxy) is 1. The molecule has 5 nitrogen and oxygen atoms in total. The number of nitrogens with zero attached hydrogens (tertiary/aromatic N) is 1. The summed E-state index contributed by atoms with van der Waals surface area (Å²) in [5, 5.41) is 8.56. The zero-order valence-electron chi connectivity index (χ0n) is 8.94. The van der Waals surface area contributed by atoms with Crippen LogP contribution in [-0.2, 0) is 9.53 Å². The number of rotatable bonds is 3. The van der Waals surface area contributed by atoms with Crippen molar-refractivity contribution < 1.29 is 19.4 Å². The van der Waals surface area contributed by atoms with E-state index < -0.39 is 5.97 Å². The minimum absolute atomic E-state index is 0.180. The van der Waals surface area contributed by atoms with Crippen LogP contribution in [0.4, 0.5) is 4.79 Å². The number of hydrogen-bond acceptors (Lipinski definition) is 3. The van der Waals surface area contributed by atoms with E-state index >= 15 is 0 Å². The van der Waals surface area contributed by atoms with Gasteiger partial charge in [0, 0.05) is 19.5 Å². The molecule has 0 aromatic heterocycles. The summed E-state index contributed by atoms with van der Waals surface area (Å²) in [4.78, 5) is 23.3. The molecule has 1 rings (SSSR count). The van der Waals surface area contributed by atoms with Crippen molar-refractivity contribution in [2.75, 3.05) is 20.2 Å². The molecule has 1 aliphatic rings. The van der Waals surface area contributed by atoms with Crippen molar-refractivity contribution >= 4 is 12.1 Å². The number of carbonyl (C=O) groups excluding carboxylic acids is 1. The first kappa shape index (κ1) is 11.8. The van der Waals surface area contributed by atoms with Crippen molar-refractivity contribution in [2.45, 2.75) is 25.7 Å². The van der Waals surface area contributed by atoms with Gasteiger partial charge in [-0.3, -0.25) is 4.79 Å². The average Bonchev–Trinajstić information content (AvgIpc) is 2.25. The molecule has 0 aromatic rings. The summed E-state index contributed by atoms with van der Waals surface area (Å²) in [6, 6.07) is 0. The van der Waals surface area contributed by atoms with Crippen LogP contribution >= 0.6 is 0 Å². The van der Waals surface area contributed by atoms with Crippen LogP contribution in [0.2, 0.25) is 0 Å². The Labute approximate surface area is 89.0 Å². The van der Waals surface area contributed by atoms with E-state index in [9.17, 15) is 9.59 Å². The normalized spacial score (nSPS) is 21.1. The van der Waals surface area contributed by atoms with Crippen LogP contribution in [0.1, 0.15) is 25.7 Å². The molecule has 0 aromatic carbocycles. The van der Waals surface area contributed by atoms with E-state index in [1.165, 1.54) is 7.11 Å². The second-order valence-corrected chi connectivity index (χ2v) is 3.86. The van der Waals surface area contributed by atoms with E-state index in [4.69, 9.17) is 5.11 Å². The fourth-order valence-electron chi connectivity index (χ4n) is 1.92. The lowest BCUT2D eigenvalue weighted by Gasteiger charge is -2.31. The van der Waals surface area contributed by atoms with Crippen molar-refractivity contribution in [1.82, 2.24) is 4.90 Å². The maximum Gasteiger partial charge on any atom is 0.409 e. The highest BCUT2D eigenvalue weighted by Gasteiger charge is 2.24. The van der Waals surface area contributed by atoms with Gasteiger partial charge in [0.05, 0.1) is 7.11 Å². The number of carbonyl (C=O) groups is 2. The van der Waals surface area contributed by atoms with Crippen LogP contribution < -0.4 is 0 Å². The fourth-order valence-corrected chi connectivity index (χ4v) is 1.92. The third kappa shape index (κ3) is 3.77. The second-order valence-electron chi connectivity index (χ2n) is 3.86. The summed E-state index contributed by atoms with van der Waals surface area (Å²) in [7, 11) is 1.36. The standard InChI is InChI=1S/C10H17NO4/c1-15-10(14)11-6-2-3-8(7-11)4-5-9(12)13/h8H,2-7H2,1H3,(H,12,13). The highest BCUT2D eigenvalue weighted by Crippen LogP contribution is 2.21. The van der Waals surface area contributed by atoms with Gasteiger partial charge in [0.15, 0.2) is 0 Å².